The minimum absolute atomic E-state index is 0.0457. The summed E-state index contributed by atoms with van der Waals surface area (Å²) >= 11 is 5.96. The summed E-state index contributed by atoms with van der Waals surface area (Å²) in [5.74, 6) is -0.160. The first-order chi connectivity index (χ1) is 10.8. The number of carbonyl (C=O) groups is 1. The summed E-state index contributed by atoms with van der Waals surface area (Å²) in [6.45, 7) is 4.62. The number of hydrogen-bond donors (Lipinski definition) is 0. The minimum Gasteiger partial charge on any atom is -0.481 e. The topological polar surface area (TPSA) is 42.4 Å². The first-order valence-corrected chi connectivity index (χ1v) is 7.78. The van der Waals surface area contributed by atoms with Gasteiger partial charge in [-0.1, -0.05) is 31.5 Å². The minimum atomic E-state index is -0.248. The lowest BCUT2D eigenvalue weighted by molar-refractivity contribution is 0.0745. The number of fused-ring (bicyclic) bond motifs is 1. The van der Waals surface area contributed by atoms with Crippen LogP contribution >= 0.6 is 11.6 Å². The molecule has 6 heteroatoms. The van der Waals surface area contributed by atoms with Crippen molar-refractivity contribution in [3.8, 4) is 5.88 Å². The summed E-state index contributed by atoms with van der Waals surface area (Å²) < 4.78 is 18.7. The van der Waals surface area contributed by atoms with Crippen LogP contribution in [0.1, 0.15) is 24.2 Å². The van der Waals surface area contributed by atoms with Crippen molar-refractivity contribution in [2.45, 2.75) is 19.9 Å². The Morgan fingerprint density at radius 1 is 1.48 bits per heavy atom. The van der Waals surface area contributed by atoms with Gasteiger partial charge in [0.2, 0.25) is 5.88 Å². The Kier molecular flexibility index (Phi) is 3.92. The summed E-state index contributed by atoms with van der Waals surface area (Å²) in [4.78, 5) is 18.7. The van der Waals surface area contributed by atoms with Crippen LogP contribution in [-0.2, 0) is 0 Å². The van der Waals surface area contributed by atoms with Crippen LogP contribution in [0.4, 0.5) is 4.39 Å². The standard InChI is InChI=1S/C17H18ClFN2O2/c1-17(2)9-21(13-5-4-11(19)8-12(13)17)16(22)10-6-14(18)20-15(7-10)23-3/h4-8,12-13H,9H2,1-3H3. The molecule has 2 aliphatic rings. The highest BCUT2D eigenvalue weighted by Gasteiger charge is 2.47. The van der Waals surface area contributed by atoms with Crippen molar-refractivity contribution in [2.24, 2.45) is 11.3 Å². The van der Waals surface area contributed by atoms with Crippen LogP contribution in [0.15, 0.2) is 36.2 Å². The van der Waals surface area contributed by atoms with Gasteiger partial charge in [0, 0.05) is 24.1 Å². The molecule has 0 aromatic carbocycles. The second kappa shape index (κ2) is 5.64. The van der Waals surface area contributed by atoms with E-state index >= 15 is 0 Å². The van der Waals surface area contributed by atoms with E-state index in [1.807, 2.05) is 13.8 Å². The summed E-state index contributed by atoms with van der Waals surface area (Å²) in [5, 5.41) is 0.202. The Hall–Kier alpha value is -1.88. The van der Waals surface area contributed by atoms with E-state index in [9.17, 15) is 9.18 Å². The fourth-order valence-corrected chi connectivity index (χ4v) is 3.55. The molecule has 0 N–H and O–H groups in total. The SMILES string of the molecule is COc1cc(C(=O)N2CC(C)(C)C3C=C(F)C=CC32)cc(Cl)n1. The molecule has 1 saturated heterocycles. The van der Waals surface area contributed by atoms with Gasteiger partial charge in [-0.05, 0) is 23.6 Å². The van der Waals surface area contributed by atoms with Crippen LogP contribution in [0.25, 0.3) is 0 Å². The van der Waals surface area contributed by atoms with E-state index < -0.39 is 0 Å². The average Bonchev–Trinajstić information content (AvgIpc) is 2.77. The zero-order chi connectivity index (χ0) is 16.8. The molecule has 0 bridgehead atoms. The molecule has 0 radical (unpaired) electrons. The van der Waals surface area contributed by atoms with Crippen molar-refractivity contribution >= 4 is 17.5 Å². The number of ether oxygens (including phenoxy) is 1. The first-order valence-electron chi connectivity index (χ1n) is 7.40. The van der Waals surface area contributed by atoms with Gasteiger partial charge in [0.25, 0.3) is 5.91 Å². The molecule has 1 aliphatic carbocycles. The zero-order valence-corrected chi connectivity index (χ0v) is 14.0. The van der Waals surface area contributed by atoms with E-state index in [-0.39, 0.29) is 34.3 Å². The molecule has 1 aromatic rings. The Morgan fingerprint density at radius 3 is 2.91 bits per heavy atom. The highest BCUT2D eigenvalue weighted by atomic mass is 35.5. The molecule has 2 unspecified atom stereocenters. The zero-order valence-electron chi connectivity index (χ0n) is 13.2. The predicted molar refractivity (Wildman–Crippen MR) is 86.2 cm³/mol. The fraction of sp³-hybridized carbons (Fsp3) is 0.412. The van der Waals surface area contributed by atoms with E-state index in [0.29, 0.717) is 18.0 Å². The average molecular weight is 337 g/mol. The van der Waals surface area contributed by atoms with Gasteiger partial charge in [-0.25, -0.2) is 9.37 Å². The molecule has 0 spiro atoms. The number of aromatic nitrogens is 1. The molecule has 1 aromatic heterocycles. The number of amides is 1. The van der Waals surface area contributed by atoms with Crippen molar-refractivity contribution in [3.05, 3.63) is 46.9 Å². The maximum Gasteiger partial charge on any atom is 0.254 e. The number of allylic oxidation sites excluding steroid dienone is 2. The van der Waals surface area contributed by atoms with Gasteiger partial charge in [-0.15, -0.1) is 0 Å². The van der Waals surface area contributed by atoms with E-state index in [2.05, 4.69) is 4.98 Å². The second-order valence-corrected chi connectivity index (χ2v) is 6.96. The summed E-state index contributed by atoms with van der Waals surface area (Å²) in [7, 11) is 1.47. The molecule has 1 aliphatic heterocycles. The third-order valence-corrected chi connectivity index (χ3v) is 4.68. The maximum atomic E-state index is 13.6. The number of nitrogens with zero attached hydrogens (tertiary/aromatic N) is 2. The van der Waals surface area contributed by atoms with Crippen molar-refractivity contribution in [3.63, 3.8) is 0 Å². The van der Waals surface area contributed by atoms with E-state index in [1.54, 1.807) is 23.1 Å². The van der Waals surface area contributed by atoms with Crippen molar-refractivity contribution in [1.82, 2.24) is 9.88 Å². The predicted octanol–water partition coefficient (Wildman–Crippen LogP) is 3.63. The molecule has 2 heterocycles. The Balaban J connectivity index is 1.95. The lowest BCUT2D eigenvalue weighted by Crippen LogP contribution is -2.37. The fourth-order valence-electron chi connectivity index (χ4n) is 3.35. The monoisotopic (exact) mass is 336 g/mol. The lowest BCUT2D eigenvalue weighted by atomic mass is 9.77. The van der Waals surface area contributed by atoms with Gasteiger partial charge < -0.3 is 9.64 Å². The van der Waals surface area contributed by atoms with Crippen molar-refractivity contribution in [1.29, 1.82) is 0 Å². The van der Waals surface area contributed by atoms with Gasteiger partial charge in [-0.3, -0.25) is 4.79 Å². The van der Waals surface area contributed by atoms with Crippen LogP contribution in [0.5, 0.6) is 5.88 Å². The van der Waals surface area contributed by atoms with Gasteiger partial charge in [0.1, 0.15) is 11.0 Å². The number of halogens is 2. The van der Waals surface area contributed by atoms with Crippen molar-refractivity contribution in [2.75, 3.05) is 13.7 Å². The lowest BCUT2D eigenvalue weighted by Gasteiger charge is -2.27. The molecule has 2 atom stereocenters. The molecule has 1 fully saturated rings. The van der Waals surface area contributed by atoms with Crippen LogP contribution in [0.3, 0.4) is 0 Å². The first kappa shape index (κ1) is 16.0. The van der Waals surface area contributed by atoms with Crippen LogP contribution < -0.4 is 4.74 Å². The highest BCUT2D eigenvalue weighted by Crippen LogP contribution is 2.44. The normalized spacial score (nSPS) is 25.1. The number of methoxy groups -OCH3 is 1. The van der Waals surface area contributed by atoms with Crippen LogP contribution in [0.2, 0.25) is 5.15 Å². The summed E-state index contributed by atoms with van der Waals surface area (Å²) in [6, 6.07) is 2.93. The molecular formula is C17H18ClFN2O2. The quantitative estimate of drug-likeness (QED) is 0.774. The molecule has 122 valence electrons. The number of rotatable bonds is 2. The number of pyridine rings is 1. The van der Waals surface area contributed by atoms with Crippen molar-refractivity contribution < 1.29 is 13.9 Å². The maximum absolute atomic E-state index is 13.6. The van der Waals surface area contributed by atoms with Gasteiger partial charge in [-0.2, -0.15) is 0 Å². The summed E-state index contributed by atoms with van der Waals surface area (Å²) in [6.07, 6.45) is 4.79. The van der Waals surface area contributed by atoms with E-state index in [0.717, 1.165) is 0 Å². The third kappa shape index (κ3) is 2.85. The molecule has 3 rings (SSSR count). The number of carbonyl (C=O) groups excluding carboxylic acids is 1. The number of hydrogen-bond acceptors (Lipinski definition) is 3. The Bertz CT molecular complexity index is 715. The van der Waals surface area contributed by atoms with Gasteiger partial charge in [0.15, 0.2) is 0 Å². The van der Waals surface area contributed by atoms with Crippen LogP contribution in [-0.4, -0.2) is 35.5 Å². The van der Waals surface area contributed by atoms with Crippen LogP contribution in [0, 0.1) is 11.3 Å². The smallest absolute Gasteiger partial charge is 0.254 e. The third-order valence-electron chi connectivity index (χ3n) is 4.49. The van der Waals surface area contributed by atoms with E-state index in [1.165, 1.54) is 19.3 Å². The molecule has 1 amide bonds. The number of likely N-dealkylation sites (tertiary alicyclic amines) is 1. The Labute approximate surface area is 139 Å². The second-order valence-electron chi connectivity index (χ2n) is 6.57. The van der Waals surface area contributed by atoms with Gasteiger partial charge >= 0.3 is 0 Å². The summed E-state index contributed by atoms with van der Waals surface area (Å²) in [5.41, 5.74) is 0.213. The largest absolute Gasteiger partial charge is 0.481 e. The molecular weight excluding hydrogens is 319 g/mol. The molecule has 4 nitrogen and oxygen atoms in total. The van der Waals surface area contributed by atoms with Gasteiger partial charge in [0.05, 0.1) is 13.2 Å². The van der Waals surface area contributed by atoms with E-state index in [4.69, 9.17) is 16.3 Å². The molecule has 0 saturated carbocycles. The molecule has 23 heavy (non-hydrogen) atoms. The Morgan fingerprint density at radius 2 is 2.22 bits per heavy atom. The highest BCUT2D eigenvalue weighted by molar-refractivity contribution is 6.29.